The molecule has 0 spiro atoms. The molecule has 0 bridgehead atoms. The van der Waals surface area contributed by atoms with Crippen LogP contribution in [-0.4, -0.2) is 26.2 Å². The number of nitrogens with one attached hydrogen (secondary N) is 1. The van der Waals surface area contributed by atoms with Crippen molar-refractivity contribution in [2.45, 2.75) is 26.3 Å². The number of amides is 1. The van der Waals surface area contributed by atoms with Crippen molar-refractivity contribution in [3.05, 3.63) is 29.8 Å². The molecule has 0 fully saturated rings. The second-order valence-electron chi connectivity index (χ2n) is 4.27. The zero-order valence-electron chi connectivity index (χ0n) is 11.9. The SMILES string of the molecule is CC[C@H](C)NC(=O)/C=C/c1ccc(OC)c(OC)c1. The summed E-state index contributed by atoms with van der Waals surface area (Å²) in [6.45, 7) is 4.01. The van der Waals surface area contributed by atoms with Gasteiger partial charge < -0.3 is 14.8 Å². The molecule has 1 aromatic carbocycles. The summed E-state index contributed by atoms with van der Waals surface area (Å²) >= 11 is 0. The Morgan fingerprint density at radius 2 is 2.00 bits per heavy atom. The lowest BCUT2D eigenvalue weighted by atomic mass is 10.2. The summed E-state index contributed by atoms with van der Waals surface area (Å²) in [7, 11) is 3.17. The molecule has 4 heteroatoms. The molecule has 0 radical (unpaired) electrons. The van der Waals surface area contributed by atoms with Gasteiger partial charge in [-0.25, -0.2) is 0 Å². The smallest absolute Gasteiger partial charge is 0.244 e. The summed E-state index contributed by atoms with van der Waals surface area (Å²) in [5, 5.41) is 2.87. The van der Waals surface area contributed by atoms with Crippen LogP contribution in [0.25, 0.3) is 6.08 Å². The number of hydrogen-bond acceptors (Lipinski definition) is 3. The first-order valence-corrected chi connectivity index (χ1v) is 6.31. The lowest BCUT2D eigenvalue weighted by molar-refractivity contribution is -0.117. The Kier molecular flexibility index (Phi) is 5.93. The molecule has 0 saturated heterocycles. The van der Waals surface area contributed by atoms with Gasteiger partial charge in [0, 0.05) is 12.1 Å². The molecule has 1 atom stereocenters. The molecule has 1 N–H and O–H groups in total. The summed E-state index contributed by atoms with van der Waals surface area (Å²) < 4.78 is 10.4. The van der Waals surface area contributed by atoms with E-state index in [2.05, 4.69) is 5.32 Å². The third-order valence-corrected chi connectivity index (χ3v) is 2.84. The van der Waals surface area contributed by atoms with Crippen LogP contribution in [0.5, 0.6) is 11.5 Å². The van der Waals surface area contributed by atoms with Gasteiger partial charge in [-0.3, -0.25) is 4.79 Å². The minimum absolute atomic E-state index is 0.0934. The van der Waals surface area contributed by atoms with E-state index in [9.17, 15) is 4.79 Å². The van der Waals surface area contributed by atoms with Gasteiger partial charge in [0.05, 0.1) is 14.2 Å². The third-order valence-electron chi connectivity index (χ3n) is 2.84. The number of carbonyl (C=O) groups excluding carboxylic acids is 1. The van der Waals surface area contributed by atoms with Gasteiger partial charge in [0.1, 0.15) is 0 Å². The molecule has 19 heavy (non-hydrogen) atoms. The number of ether oxygens (including phenoxy) is 2. The fourth-order valence-electron chi connectivity index (χ4n) is 1.52. The minimum atomic E-state index is -0.0934. The van der Waals surface area contributed by atoms with Crippen LogP contribution in [0, 0.1) is 0 Å². The van der Waals surface area contributed by atoms with E-state index in [1.165, 1.54) is 6.08 Å². The first kappa shape index (κ1) is 15.1. The van der Waals surface area contributed by atoms with Crippen LogP contribution in [0.15, 0.2) is 24.3 Å². The average Bonchev–Trinajstić information content (AvgIpc) is 2.44. The maximum absolute atomic E-state index is 11.6. The molecule has 1 aromatic rings. The maximum Gasteiger partial charge on any atom is 0.244 e. The van der Waals surface area contributed by atoms with Gasteiger partial charge in [-0.05, 0) is 37.1 Å². The monoisotopic (exact) mass is 263 g/mol. The van der Waals surface area contributed by atoms with Crippen molar-refractivity contribution >= 4 is 12.0 Å². The van der Waals surface area contributed by atoms with Gasteiger partial charge in [0.2, 0.25) is 5.91 Å². The van der Waals surface area contributed by atoms with Crippen molar-refractivity contribution in [1.82, 2.24) is 5.32 Å². The van der Waals surface area contributed by atoms with Crippen LogP contribution in [0.4, 0.5) is 0 Å². The lowest BCUT2D eigenvalue weighted by Crippen LogP contribution is -2.30. The quantitative estimate of drug-likeness (QED) is 0.803. The van der Waals surface area contributed by atoms with Crippen molar-refractivity contribution < 1.29 is 14.3 Å². The highest BCUT2D eigenvalue weighted by Crippen LogP contribution is 2.27. The topological polar surface area (TPSA) is 47.6 Å². The molecule has 0 heterocycles. The highest BCUT2D eigenvalue weighted by Gasteiger charge is 2.04. The summed E-state index contributed by atoms with van der Waals surface area (Å²) in [4.78, 5) is 11.6. The molecular formula is C15H21NO3. The predicted molar refractivity (Wildman–Crippen MR) is 76.5 cm³/mol. The third kappa shape index (κ3) is 4.66. The van der Waals surface area contributed by atoms with Crippen LogP contribution in [-0.2, 0) is 4.79 Å². The van der Waals surface area contributed by atoms with E-state index >= 15 is 0 Å². The normalized spacial score (nSPS) is 12.2. The minimum Gasteiger partial charge on any atom is -0.493 e. The summed E-state index contributed by atoms with van der Waals surface area (Å²) in [6.07, 6.45) is 4.18. The molecule has 0 aliphatic heterocycles. The van der Waals surface area contributed by atoms with Crippen molar-refractivity contribution in [3.63, 3.8) is 0 Å². The zero-order chi connectivity index (χ0) is 14.3. The Hall–Kier alpha value is -1.97. The molecule has 0 saturated carbocycles. The largest absolute Gasteiger partial charge is 0.493 e. The lowest BCUT2D eigenvalue weighted by Gasteiger charge is -2.09. The highest BCUT2D eigenvalue weighted by atomic mass is 16.5. The van der Waals surface area contributed by atoms with Gasteiger partial charge >= 0.3 is 0 Å². The Bertz CT molecular complexity index is 455. The number of carbonyl (C=O) groups is 1. The van der Waals surface area contributed by atoms with Gasteiger partial charge in [0.25, 0.3) is 0 Å². The second-order valence-corrected chi connectivity index (χ2v) is 4.27. The summed E-state index contributed by atoms with van der Waals surface area (Å²) in [5.41, 5.74) is 0.886. The molecule has 0 unspecified atom stereocenters. The van der Waals surface area contributed by atoms with Crippen molar-refractivity contribution in [2.75, 3.05) is 14.2 Å². The van der Waals surface area contributed by atoms with Crippen molar-refractivity contribution in [2.24, 2.45) is 0 Å². The van der Waals surface area contributed by atoms with Gasteiger partial charge in [-0.1, -0.05) is 13.0 Å². The van der Waals surface area contributed by atoms with Crippen molar-refractivity contribution in [1.29, 1.82) is 0 Å². The highest BCUT2D eigenvalue weighted by molar-refractivity contribution is 5.91. The predicted octanol–water partition coefficient (Wildman–Crippen LogP) is 2.63. The second kappa shape index (κ2) is 7.46. The van der Waals surface area contributed by atoms with Crippen LogP contribution < -0.4 is 14.8 Å². The molecule has 0 aliphatic rings. The molecule has 1 rings (SSSR count). The maximum atomic E-state index is 11.6. The number of benzene rings is 1. The molecule has 4 nitrogen and oxygen atoms in total. The van der Waals surface area contributed by atoms with Gasteiger partial charge in [0.15, 0.2) is 11.5 Å². The molecule has 0 aromatic heterocycles. The zero-order valence-corrected chi connectivity index (χ0v) is 11.9. The van der Waals surface area contributed by atoms with E-state index < -0.39 is 0 Å². The Morgan fingerprint density at radius 1 is 1.32 bits per heavy atom. The fraction of sp³-hybridized carbons (Fsp3) is 0.400. The number of rotatable bonds is 6. The Labute approximate surface area is 114 Å². The Balaban J connectivity index is 2.74. The first-order valence-electron chi connectivity index (χ1n) is 6.31. The van der Waals surface area contributed by atoms with E-state index in [-0.39, 0.29) is 11.9 Å². The van der Waals surface area contributed by atoms with Crippen LogP contribution in [0.2, 0.25) is 0 Å². The molecule has 0 aliphatic carbocycles. The van der Waals surface area contributed by atoms with E-state index in [0.717, 1.165) is 12.0 Å². The summed E-state index contributed by atoms with van der Waals surface area (Å²) in [5.74, 6) is 1.22. The average molecular weight is 263 g/mol. The van der Waals surface area contributed by atoms with Crippen LogP contribution in [0.1, 0.15) is 25.8 Å². The molecule has 104 valence electrons. The fourth-order valence-corrected chi connectivity index (χ4v) is 1.52. The van der Waals surface area contributed by atoms with Gasteiger partial charge in [-0.2, -0.15) is 0 Å². The van der Waals surface area contributed by atoms with Crippen molar-refractivity contribution in [3.8, 4) is 11.5 Å². The number of hydrogen-bond donors (Lipinski definition) is 1. The first-order chi connectivity index (χ1) is 9.10. The Morgan fingerprint density at radius 3 is 2.58 bits per heavy atom. The van der Waals surface area contributed by atoms with E-state index in [4.69, 9.17) is 9.47 Å². The number of methoxy groups -OCH3 is 2. The standard InChI is InChI=1S/C15H21NO3/c1-5-11(2)16-15(17)9-7-12-6-8-13(18-3)14(10-12)19-4/h6-11H,5H2,1-4H3,(H,16,17)/b9-7+/t11-/m0/s1. The van der Waals surface area contributed by atoms with E-state index in [1.54, 1.807) is 20.3 Å². The van der Waals surface area contributed by atoms with Crippen LogP contribution in [0.3, 0.4) is 0 Å². The van der Waals surface area contributed by atoms with Gasteiger partial charge in [-0.15, -0.1) is 0 Å². The van der Waals surface area contributed by atoms with E-state index in [1.807, 2.05) is 32.0 Å². The molecular weight excluding hydrogens is 242 g/mol. The van der Waals surface area contributed by atoms with Crippen LogP contribution >= 0.6 is 0 Å². The summed E-state index contributed by atoms with van der Waals surface area (Å²) in [6, 6.07) is 5.69. The molecule has 1 amide bonds. The van der Waals surface area contributed by atoms with E-state index in [0.29, 0.717) is 11.5 Å².